The van der Waals surface area contributed by atoms with Gasteiger partial charge in [-0.15, -0.1) is 11.3 Å². The summed E-state index contributed by atoms with van der Waals surface area (Å²) in [6, 6.07) is 12.9. The minimum atomic E-state index is -0.299. The molecule has 0 radical (unpaired) electrons. The van der Waals surface area contributed by atoms with Crippen molar-refractivity contribution in [3.05, 3.63) is 64.2 Å². The standard InChI is InChI=1S/C25H25N3O5S/c1-31-17-8-5-15(6-9-17)11-12-26-24(30)18-3-2-4-21-22(18)27-25(34-21)28-23(29)16-7-10-19-20(13-16)33-14-32-19/h5-10,13,18H,2-4,11-12,14H2,1H3,(H,26,30)(H,27,28,29). The van der Waals surface area contributed by atoms with Crippen molar-refractivity contribution in [3.63, 3.8) is 0 Å². The Balaban J connectivity index is 1.21. The Morgan fingerprint density at radius 3 is 2.79 bits per heavy atom. The van der Waals surface area contributed by atoms with Gasteiger partial charge in [-0.1, -0.05) is 12.1 Å². The van der Waals surface area contributed by atoms with Gasteiger partial charge in [-0.2, -0.15) is 0 Å². The maximum Gasteiger partial charge on any atom is 0.257 e. The van der Waals surface area contributed by atoms with E-state index in [0.29, 0.717) is 28.7 Å². The van der Waals surface area contributed by atoms with Crippen LogP contribution in [-0.2, 0) is 17.6 Å². The van der Waals surface area contributed by atoms with Crippen LogP contribution in [0.5, 0.6) is 17.2 Å². The Morgan fingerprint density at radius 2 is 1.97 bits per heavy atom. The molecule has 2 heterocycles. The fourth-order valence-corrected chi connectivity index (χ4v) is 5.24. The van der Waals surface area contributed by atoms with E-state index in [1.54, 1.807) is 25.3 Å². The number of rotatable bonds is 7. The van der Waals surface area contributed by atoms with Crippen LogP contribution in [0.15, 0.2) is 42.5 Å². The Labute approximate surface area is 201 Å². The summed E-state index contributed by atoms with van der Waals surface area (Å²) in [5, 5.41) is 6.43. The van der Waals surface area contributed by atoms with Crippen molar-refractivity contribution < 1.29 is 23.8 Å². The van der Waals surface area contributed by atoms with Gasteiger partial charge in [-0.05, 0) is 61.6 Å². The van der Waals surface area contributed by atoms with E-state index in [9.17, 15) is 9.59 Å². The molecule has 1 atom stereocenters. The molecule has 1 aromatic heterocycles. The summed E-state index contributed by atoms with van der Waals surface area (Å²) in [4.78, 5) is 31.4. The van der Waals surface area contributed by atoms with E-state index in [0.717, 1.165) is 47.6 Å². The third-order valence-electron chi connectivity index (χ3n) is 6.00. The van der Waals surface area contributed by atoms with Crippen LogP contribution in [0.4, 0.5) is 5.13 Å². The SMILES string of the molecule is COc1ccc(CCNC(=O)C2CCCc3sc(NC(=O)c4ccc5c(c4)OCO5)nc32)cc1. The van der Waals surface area contributed by atoms with Gasteiger partial charge in [0, 0.05) is 17.0 Å². The molecule has 2 aliphatic rings. The van der Waals surface area contributed by atoms with Crippen molar-refractivity contribution >= 4 is 28.3 Å². The summed E-state index contributed by atoms with van der Waals surface area (Å²) in [6.45, 7) is 0.706. The van der Waals surface area contributed by atoms with Gasteiger partial charge in [0.25, 0.3) is 5.91 Å². The highest BCUT2D eigenvalue weighted by molar-refractivity contribution is 7.16. The maximum absolute atomic E-state index is 12.9. The van der Waals surface area contributed by atoms with Crippen molar-refractivity contribution in [2.75, 3.05) is 25.8 Å². The number of carbonyl (C=O) groups excluding carboxylic acids is 2. The minimum absolute atomic E-state index is 0.0200. The second kappa shape index (κ2) is 9.72. The van der Waals surface area contributed by atoms with Crippen molar-refractivity contribution in [1.29, 1.82) is 0 Å². The molecule has 8 nitrogen and oxygen atoms in total. The van der Waals surface area contributed by atoms with Crippen LogP contribution in [0.1, 0.15) is 45.3 Å². The van der Waals surface area contributed by atoms with Gasteiger partial charge in [0.15, 0.2) is 16.6 Å². The molecule has 1 aliphatic heterocycles. The molecular weight excluding hydrogens is 454 g/mol. The number of nitrogens with zero attached hydrogens (tertiary/aromatic N) is 1. The summed E-state index contributed by atoms with van der Waals surface area (Å²) >= 11 is 1.44. The number of hydrogen-bond acceptors (Lipinski definition) is 7. The van der Waals surface area contributed by atoms with Crippen LogP contribution >= 0.6 is 11.3 Å². The first-order valence-electron chi connectivity index (χ1n) is 11.2. The zero-order valence-corrected chi connectivity index (χ0v) is 19.6. The molecular formula is C25H25N3O5S. The molecule has 176 valence electrons. The molecule has 2 N–H and O–H groups in total. The summed E-state index contributed by atoms with van der Waals surface area (Å²) in [5.74, 6) is 1.40. The fraction of sp³-hybridized carbons (Fsp3) is 0.320. The molecule has 34 heavy (non-hydrogen) atoms. The van der Waals surface area contributed by atoms with Crippen LogP contribution < -0.4 is 24.8 Å². The third kappa shape index (κ3) is 4.70. The average molecular weight is 480 g/mol. The first-order chi connectivity index (χ1) is 16.6. The first kappa shape index (κ1) is 22.2. The molecule has 1 unspecified atom stereocenters. The molecule has 2 aromatic carbocycles. The van der Waals surface area contributed by atoms with Crippen LogP contribution in [0.25, 0.3) is 0 Å². The summed E-state index contributed by atoms with van der Waals surface area (Å²) in [7, 11) is 1.64. The van der Waals surface area contributed by atoms with E-state index in [4.69, 9.17) is 14.2 Å². The van der Waals surface area contributed by atoms with Crippen molar-refractivity contribution in [3.8, 4) is 17.2 Å². The molecule has 0 bridgehead atoms. The lowest BCUT2D eigenvalue weighted by Gasteiger charge is -2.20. The highest BCUT2D eigenvalue weighted by atomic mass is 32.1. The zero-order valence-electron chi connectivity index (χ0n) is 18.8. The number of thiazole rings is 1. The molecule has 1 aliphatic carbocycles. The van der Waals surface area contributed by atoms with Crippen LogP contribution in [0, 0.1) is 0 Å². The van der Waals surface area contributed by atoms with E-state index in [2.05, 4.69) is 15.6 Å². The third-order valence-corrected chi connectivity index (χ3v) is 7.04. The van der Waals surface area contributed by atoms with Gasteiger partial charge in [0.05, 0.1) is 18.7 Å². The predicted molar refractivity (Wildman–Crippen MR) is 128 cm³/mol. The van der Waals surface area contributed by atoms with Gasteiger partial charge >= 0.3 is 0 Å². The Bertz CT molecular complexity index is 1210. The van der Waals surface area contributed by atoms with Gasteiger partial charge in [-0.3, -0.25) is 14.9 Å². The van der Waals surface area contributed by atoms with Gasteiger partial charge in [-0.25, -0.2) is 4.98 Å². The second-order valence-corrected chi connectivity index (χ2v) is 9.27. The normalized spacial score (nSPS) is 16.0. The number of nitrogens with one attached hydrogen (secondary N) is 2. The number of aryl methyl sites for hydroxylation is 1. The molecule has 0 spiro atoms. The number of benzene rings is 2. The van der Waals surface area contributed by atoms with Crippen molar-refractivity contribution in [2.24, 2.45) is 0 Å². The first-order valence-corrected chi connectivity index (χ1v) is 12.0. The second-order valence-electron chi connectivity index (χ2n) is 8.18. The van der Waals surface area contributed by atoms with Crippen LogP contribution in [0.2, 0.25) is 0 Å². The average Bonchev–Trinajstić information content (AvgIpc) is 3.50. The molecule has 0 saturated carbocycles. The Morgan fingerprint density at radius 1 is 1.15 bits per heavy atom. The van der Waals surface area contributed by atoms with E-state index >= 15 is 0 Å². The largest absolute Gasteiger partial charge is 0.497 e. The highest BCUT2D eigenvalue weighted by Gasteiger charge is 2.30. The van der Waals surface area contributed by atoms with Crippen molar-refractivity contribution in [2.45, 2.75) is 31.6 Å². The number of ether oxygens (including phenoxy) is 3. The lowest BCUT2D eigenvalue weighted by atomic mass is 9.90. The van der Waals surface area contributed by atoms with Crippen LogP contribution in [-0.4, -0.2) is 37.2 Å². The van der Waals surface area contributed by atoms with E-state index in [1.165, 1.54) is 11.3 Å². The van der Waals surface area contributed by atoms with Gasteiger partial charge in [0.2, 0.25) is 12.7 Å². The van der Waals surface area contributed by atoms with Gasteiger partial charge in [0.1, 0.15) is 5.75 Å². The topological polar surface area (TPSA) is 98.8 Å². The highest BCUT2D eigenvalue weighted by Crippen LogP contribution is 2.37. The quantitative estimate of drug-likeness (QED) is 0.533. The summed E-state index contributed by atoms with van der Waals surface area (Å²) in [6.07, 6.45) is 3.27. The summed E-state index contributed by atoms with van der Waals surface area (Å²) in [5.41, 5.74) is 2.37. The Kier molecular flexibility index (Phi) is 6.35. The number of carbonyl (C=O) groups is 2. The monoisotopic (exact) mass is 479 g/mol. The van der Waals surface area contributed by atoms with Crippen LogP contribution in [0.3, 0.4) is 0 Å². The summed E-state index contributed by atoms with van der Waals surface area (Å²) < 4.78 is 15.8. The van der Waals surface area contributed by atoms with Crippen molar-refractivity contribution in [1.82, 2.24) is 10.3 Å². The molecule has 5 rings (SSSR count). The molecule has 3 aromatic rings. The number of anilines is 1. The number of methoxy groups -OCH3 is 1. The molecule has 0 saturated heterocycles. The lowest BCUT2D eigenvalue weighted by Crippen LogP contribution is -2.32. The smallest absolute Gasteiger partial charge is 0.257 e. The number of fused-ring (bicyclic) bond motifs is 2. The van der Waals surface area contributed by atoms with E-state index < -0.39 is 0 Å². The number of amides is 2. The predicted octanol–water partition coefficient (Wildman–Crippen LogP) is 3.91. The van der Waals surface area contributed by atoms with E-state index in [1.807, 2.05) is 24.3 Å². The minimum Gasteiger partial charge on any atom is -0.497 e. The molecule has 9 heteroatoms. The lowest BCUT2D eigenvalue weighted by molar-refractivity contribution is -0.122. The number of hydrogen-bond donors (Lipinski definition) is 2. The number of aromatic nitrogens is 1. The maximum atomic E-state index is 12.9. The van der Waals surface area contributed by atoms with Gasteiger partial charge < -0.3 is 19.5 Å². The fourth-order valence-electron chi connectivity index (χ4n) is 4.18. The Hall–Kier alpha value is -3.59. The molecule has 0 fully saturated rings. The van der Waals surface area contributed by atoms with E-state index in [-0.39, 0.29) is 24.5 Å². The zero-order chi connectivity index (χ0) is 23.5. The molecule has 2 amide bonds.